The molecule has 0 saturated heterocycles. The zero-order valence-corrected chi connectivity index (χ0v) is 13.5. The molecule has 0 aliphatic carbocycles. The number of pyridine rings is 1. The maximum atomic E-state index is 11.5. The average Bonchev–Trinajstić information content (AvgIpc) is 2.48. The Morgan fingerprint density at radius 1 is 0.947 bits per heavy atom. The summed E-state index contributed by atoms with van der Waals surface area (Å²) in [5, 5.41) is 1.78. The van der Waals surface area contributed by atoms with Crippen LogP contribution in [0.5, 0.6) is 0 Å². The van der Waals surface area contributed by atoms with Crippen molar-refractivity contribution in [3.8, 4) is 0 Å². The molecule has 1 aromatic heterocycles. The molecule has 0 N–H and O–H groups in total. The molecule has 2 nitrogen and oxygen atoms in total. The van der Waals surface area contributed by atoms with E-state index in [4.69, 9.17) is 0 Å². The smallest absolute Gasteiger partial charge is 0.258 e. The summed E-state index contributed by atoms with van der Waals surface area (Å²) in [5.41, 5.74) is 0.0631. The van der Waals surface area contributed by atoms with E-state index in [0.29, 0.717) is 0 Å². The Labute approximate surface area is 118 Å². The van der Waals surface area contributed by atoms with Gasteiger partial charge in [0.25, 0.3) is 5.56 Å². The maximum absolute atomic E-state index is 11.5. The number of benzene rings is 1. The molecule has 0 atom stereocenters. The third kappa shape index (κ3) is 6.80. The van der Waals surface area contributed by atoms with Crippen LogP contribution in [0, 0.1) is 0 Å². The molecule has 0 fully saturated rings. The summed E-state index contributed by atoms with van der Waals surface area (Å²) in [7, 11) is 1.76. The Morgan fingerprint density at radius 2 is 1.42 bits per heavy atom. The third-order valence-electron chi connectivity index (χ3n) is 1.99. The molecule has 0 radical (unpaired) electrons. The Kier molecular flexibility index (Phi) is 13.4. The monoisotopic (exact) mass is 263 g/mol. The highest BCUT2D eigenvalue weighted by Gasteiger charge is 1.96. The molecule has 0 saturated carbocycles. The van der Waals surface area contributed by atoms with E-state index >= 15 is 0 Å². The SMILES string of the molecule is CC.CC.CCC.Cn1ccc2ccccc2c1=O. The van der Waals surface area contributed by atoms with Gasteiger partial charge in [-0.3, -0.25) is 4.79 Å². The fourth-order valence-corrected chi connectivity index (χ4v) is 1.29. The number of fused-ring (bicyclic) bond motifs is 1. The first kappa shape index (κ1) is 19.8. The zero-order valence-electron chi connectivity index (χ0n) is 13.5. The summed E-state index contributed by atoms with van der Waals surface area (Å²) < 4.78 is 1.59. The molecule has 1 aromatic carbocycles. The minimum Gasteiger partial charge on any atom is -0.318 e. The van der Waals surface area contributed by atoms with Gasteiger partial charge in [-0.05, 0) is 17.5 Å². The van der Waals surface area contributed by atoms with Gasteiger partial charge in [-0.1, -0.05) is 66.2 Å². The average molecular weight is 263 g/mol. The second-order valence-electron chi connectivity index (χ2n) is 3.53. The molecular formula is C17H29NO. The van der Waals surface area contributed by atoms with E-state index in [9.17, 15) is 4.79 Å². The second kappa shape index (κ2) is 12.9. The molecule has 0 aliphatic heterocycles. The lowest BCUT2D eigenvalue weighted by molar-refractivity contribution is 0.873. The van der Waals surface area contributed by atoms with Crippen molar-refractivity contribution in [2.75, 3.05) is 0 Å². The lowest BCUT2D eigenvalue weighted by Crippen LogP contribution is -2.15. The molecule has 2 rings (SSSR count). The molecule has 19 heavy (non-hydrogen) atoms. The van der Waals surface area contributed by atoms with Crippen LogP contribution in [-0.4, -0.2) is 4.57 Å². The van der Waals surface area contributed by atoms with Gasteiger partial charge in [-0.15, -0.1) is 0 Å². The summed E-state index contributed by atoms with van der Waals surface area (Å²) in [5.74, 6) is 0. The first-order chi connectivity index (χ1) is 9.20. The molecule has 0 spiro atoms. The lowest BCUT2D eigenvalue weighted by atomic mass is 10.2. The summed E-state index contributed by atoms with van der Waals surface area (Å²) in [4.78, 5) is 11.5. The fraction of sp³-hybridized carbons (Fsp3) is 0.471. The Bertz CT molecular complexity index is 486. The van der Waals surface area contributed by atoms with Crippen molar-refractivity contribution in [2.45, 2.75) is 48.0 Å². The van der Waals surface area contributed by atoms with Gasteiger partial charge in [0.1, 0.15) is 0 Å². The van der Waals surface area contributed by atoms with E-state index in [1.807, 2.05) is 58.0 Å². The standard InChI is InChI=1S/C10H9NO.C3H8.2C2H6/c1-11-7-6-8-4-2-3-5-9(8)10(11)12;1-3-2;2*1-2/h2-7H,1H3;3H2,1-2H3;2*1-2H3. The summed E-state index contributed by atoms with van der Waals surface area (Å²) in [6, 6.07) is 9.54. The van der Waals surface area contributed by atoms with Crippen LogP contribution in [0.1, 0.15) is 48.0 Å². The van der Waals surface area contributed by atoms with Crippen molar-refractivity contribution >= 4 is 10.8 Å². The fourth-order valence-electron chi connectivity index (χ4n) is 1.29. The van der Waals surface area contributed by atoms with Gasteiger partial charge >= 0.3 is 0 Å². The molecule has 108 valence electrons. The van der Waals surface area contributed by atoms with Crippen LogP contribution < -0.4 is 5.56 Å². The highest BCUT2D eigenvalue weighted by atomic mass is 16.1. The number of hydrogen-bond acceptors (Lipinski definition) is 1. The highest BCUT2D eigenvalue weighted by Crippen LogP contribution is 2.06. The molecule has 0 aliphatic rings. The normalized spacial score (nSPS) is 8.16. The van der Waals surface area contributed by atoms with E-state index in [-0.39, 0.29) is 5.56 Å². The van der Waals surface area contributed by atoms with Crippen LogP contribution in [0.4, 0.5) is 0 Å². The zero-order chi connectivity index (χ0) is 15.3. The summed E-state index contributed by atoms with van der Waals surface area (Å²) in [6.07, 6.45) is 3.03. The molecule has 2 heteroatoms. The third-order valence-corrected chi connectivity index (χ3v) is 1.99. The molecule has 0 unspecified atom stereocenters. The number of hydrogen-bond donors (Lipinski definition) is 0. The minimum atomic E-state index is 0.0631. The number of aryl methyl sites for hydroxylation is 1. The van der Waals surface area contributed by atoms with Crippen LogP contribution in [-0.2, 0) is 7.05 Å². The van der Waals surface area contributed by atoms with Crippen molar-refractivity contribution in [1.82, 2.24) is 4.57 Å². The first-order valence-corrected chi connectivity index (χ1v) is 7.25. The van der Waals surface area contributed by atoms with Crippen molar-refractivity contribution in [2.24, 2.45) is 7.05 Å². The van der Waals surface area contributed by atoms with E-state index in [0.717, 1.165) is 10.8 Å². The van der Waals surface area contributed by atoms with Crippen LogP contribution >= 0.6 is 0 Å². The lowest BCUT2D eigenvalue weighted by Gasteiger charge is -1.98. The quantitative estimate of drug-likeness (QED) is 0.655. The van der Waals surface area contributed by atoms with E-state index in [1.54, 1.807) is 17.8 Å². The minimum absolute atomic E-state index is 0.0631. The second-order valence-corrected chi connectivity index (χ2v) is 3.53. The van der Waals surface area contributed by atoms with Crippen molar-refractivity contribution in [3.63, 3.8) is 0 Å². The predicted octanol–water partition coefficient (Wildman–Crippen LogP) is 5.01. The van der Waals surface area contributed by atoms with Gasteiger partial charge in [0, 0.05) is 18.6 Å². The van der Waals surface area contributed by atoms with Crippen LogP contribution in [0.25, 0.3) is 10.8 Å². The topological polar surface area (TPSA) is 22.0 Å². The van der Waals surface area contributed by atoms with Gasteiger partial charge < -0.3 is 4.57 Å². The Balaban J connectivity index is 0. The summed E-state index contributed by atoms with van der Waals surface area (Å²) >= 11 is 0. The number of aromatic nitrogens is 1. The first-order valence-electron chi connectivity index (χ1n) is 7.25. The van der Waals surface area contributed by atoms with Crippen molar-refractivity contribution in [3.05, 3.63) is 46.9 Å². The Morgan fingerprint density at radius 3 is 1.95 bits per heavy atom. The van der Waals surface area contributed by atoms with E-state index in [1.165, 1.54) is 6.42 Å². The summed E-state index contributed by atoms with van der Waals surface area (Å²) in [6.45, 7) is 12.2. The van der Waals surface area contributed by atoms with Crippen LogP contribution in [0.15, 0.2) is 41.3 Å². The molecular weight excluding hydrogens is 234 g/mol. The van der Waals surface area contributed by atoms with E-state index in [2.05, 4.69) is 13.8 Å². The van der Waals surface area contributed by atoms with Gasteiger partial charge in [0.15, 0.2) is 0 Å². The van der Waals surface area contributed by atoms with Gasteiger partial charge in [0.2, 0.25) is 0 Å². The van der Waals surface area contributed by atoms with E-state index < -0.39 is 0 Å². The van der Waals surface area contributed by atoms with Crippen LogP contribution in [0.3, 0.4) is 0 Å². The highest BCUT2D eigenvalue weighted by molar-refractivity contribution is 5.81. The van der Waals surface area contributed by atoms with Crippen molar-refractivity contribution in [1.29, 1.82) is 0 Å². The van der Waals surface area contributed by atoms with Gasteiger partial charge in [0.05, 0.1) is 0 Å². The molecule has 0 bridgehead atoms. The maximum Gasteiger partial charge on any atom is 0.258 e. The molecule has 0 amide bonds. The van der Waals surface area contributed by atoms with Crippen molar-refractivity contribution < 1.29 is 0 Å². The van der Waals surface area contributed by atoms with Crippen LogP contribution in [0.2, 0.25) is 0 Å². The Hall–Kier alpha value is -1.57. The molecule has 2 aromatic rings. The van der Waals surface area contributed by atoms with Gasteiger partial charge in [-0.25, -0.2) is 0 Å². The largest absolute Gasteiger partial charge is 0.318 e. The van der Waals surface area contributed by atoms with Gasteiger partial charge in [-0.2, -0.15) is 0 Å². The molecule has 1 heterocycles. The number of nitrogens with zero attached hydrogens (tertiary/aromatic N) is 1. The predicted molar refractivity (Wildman–Crippen MR) is 87.9 cm³/mol. The number of rotatable bonds is 0.